The number of nitrogens with one attached hydrogen (secondary N) is 1. The van der Waals surface area contributed by atoms with Gasteiger partial charge in [0.2, 0.25) is 0 Å². The minimum atomic E-state index is 0.300. The van der Waals surface area contributed by atoms with E-state index in [0.717, 1.165) is 5.52 Å². The third-order valence-corrected chi connectivity index (χ3v) is 2.12. The van der Waals surface area contributed by atoms with Gasteiger partial charge in [-0.05, 0) is 24.4 Å². The van der Waals surface area contributed by atoms with Crippen LogP contribution in [-0.2, 0) is 0 Å². The standard InChI is InChI=1S/C7H3Cl2NOS/c8-3-1-4(9)6-5(2-3)10-7(12)11-6/h1-2H,(H,10,12). The molecule has 1 heterocycles. The summed E-state index contributed by atoms with van der Waals surface area (Å²) in [7, 11) is 0. The molecule has 0 radical (unpaired) electrons. The molecule has 62 valence electrons. The topological polar surface area (TPSA) is 28.9 Å². The van der Waals surface area contributed by atoms with E-state index in [-0.39, 0.29) is 0 Å². The molecule has 12 heavy (non-hydrogen) atoms. The molecule has 0 atom stereocenters. The normalized spacial score (nSPS) is 10.8. The van der Waals surface area contributed by atoms with E-state index in [0.29, 0.717) is 20.5 Å². The second-order valence-electron chi connectivity index (χ2n) is 2.28. The molecule has 0 aliphatic rings. The molecule has 1 aromatic heterocycles. The third kappa shape index (κ3) is 1.24. The van der Waals surface area contributed by atoms with Gasteiger partial charge >= 0.3 is 0 Å². The van der Waals surface area contributed by atoms with E-state index in [1.807, 2.05) is 0 Å². The van der Waals surface area contributed by atoms with Crippen LogP contribution in [0.3, 0.4) is 0 Å². The number of H-pyrrole nitrogens is 1. The zero-order valence-electron chi connectivity index (χ0n) is 5.73. The van der Waals surface area contributed by atoms with Crippen LogP contribution >= 0.6 is 35.4 Å². The predicted molar refractivity (Wildman–Crippen MR) is 51.4 cm³/mol. The lowest BCUT2D eigenvalue weighted by molar-refractivity contribution is 0.583. The van der Waals surface area contributed by atoms with Crippen molar-refractivity contribution >= 4 is 46.5 Å². The summed E-state index contributed by atoms with van der Waals surface area (Å²) in [6.07, 6.45) is 0. The molecule has 0 bridgehead atoms. The summed E-state index contributed by atoms with van der Waals surface area (Å²) in [4.78, 5) is 3.12. The number of benzene rings is 1. The van der Waals surface area contributed by atoms with Crippen molar-refractivity contribution in [3.8, 4) is 0 Å². The van der Waals surface area contributed by atoms with Crippen molar-refractivity contribution in [1.82, 2.24) is 4.98 Å². The predicted octanol–water partition coefficient (Wildman–Crippen LogP) is 3.80. The van der Waals surface area contributed by atoms with Crippen molar-refractivity contribution in [2.24, 2.45) is 0 Å². The van der Waals surface area contributed by atoms with Crippen LogP contribution in [0.15, 0.2) is 16.5 Å². The molecule has 1 N–H and O–H groups in total. The quantitative estimate of drug-likeness (QED) is 0.684. The van der Waals surface area contributed by atoms with Gasteiger partial charge in [-0.15, -0.1) is 0 Å². The van der Waals surface area contributed by atoms with Crippen molar-refractivity contribution in [2.75, 3.05) is 0 Å². The van der Waals surface area contributed by atoms with Gasteiger partial charge in [0.15, 0.2) is 5.58 Å². The molecule has 0 aliphatic carbocycles. The number of aromatic nitrogens is 1. The number of oxazole rings is 1. The van der Waals surface area contributed by atoms with Gasteiger partial charge in [-0.1, -0.05) is 23.2 Å². The Kier molecular flexibility index (Phi) is 1.87. The Labute approximate surface area is 83.1 Å². The first-order valence-corrected chi connectivity index (χ1v) is 4.31. The van der Waals surface area contributed by atoms with E-state index in [1.165, 1.54) is 0 Å². The first-order valence-electron chi connectivity index (χ1n) is 3.15. The average Bonchev–Trinajstić information content (AvgIpc) is 2.29. The molecule has 1 aromatic carbocycles. The lowest BCUT2D eigenvalue weighted by atomic mass is 10.3. The lowest BCUT2D eigenvalue weighted by Gasteiger charge is -1.91. The van der Waals surface area contributed by atoms with Gasteiger partial charge in [0.1, 0.15) is 0 Å². The molecule has 0 fully saturated rings. The van der Waals surface area contributed by atoms with Gasteiger partial charge in [0.05, 0.1) is 10.5 Å². The molecule has 0 amide bonds. The average molecular weight is 220 g/mol. The maximum absolute atomic E-state index is 5.83. The van der Waals surface area contributed by atoms with Crippen LogP contribution in [0.1, 0.15) is 0 Å². The van der Waals surface area contributed by atoms with Gasteiger partial charge in [-0.2, -0.15) is 0 Å². The van der Waals surface area contributed by atoms with Gasteiger partial charge in [-0.25, -0.2) is 0 Å². The van der Waals surface area contributed by atoms with Crippen LogP contribution in [0.25, 0.3) is 11.1 Å². The first kappa shape index (κ1) is 8.10. The summed E-state index contributed by atoms with van der Waals surface area (Å²) < 4.78 is 5.12. The van der Waals surface area contributed by atoms with Gasteiger partial charge in [-0.3, -0.25) is 0 Å². The molecule has 2 nitrogen and oxygen atoms in total. The van der Waals surface area contributed by atoms with Crippen LogP contribution in [-0.4, -0.2) is 4.98 Å². The molecule has 0 saturated carbocycles. The van der Waals surface area contributed by atoms with Crippen LogP contribution in [0.2, 0.25) is 10.0 Å². The van der Waals surface area contributed by atoms with Gasteiger partial charge in [0.25, 0.3) is 4.84 Å². The number of hydrogen-bond donors (Lipinski definition) is 1. The molecule has 5 heteroatoms. The monoisotopic (exact) mass is 219 g/mol. The highest BCUT2D eigenvalue weighted by Gasteiger charge is 2.04. The Hall–Kier alpha value is -0.510. The number of halogens is 2. The largest absolute Gasteiger partial charge is 0.428 e. The second kappa shape index (κ2) is 2.76. The highest BCUT2D eigenvalue weighted by atomic mass is 35.5. The minimum absolute atomic E-state index is 0.300. The fourth-order valence-electron chi connectivity index (χ4n) is 0.985. The molecule has 2 rings (SSSR count). The summed E-state index contributed by atoms with van der Waals surface area (Å²) >= 11 is 16.4. The Morgan fingerprint density at radius 1 is 1.33 bits per heavy atom. The summed E-state index contributed by atoms with van der Waals surface area (Å²) in [5, 5.41) is 1.02. The third-order valence-electron chi connectivity index (χ3n) is 1.44. The SMILES string of the molecule is S=c1[nH]c2cc(Cl)cc(Cl)c2o1. The smallest absolute Gasteiger partial charge is 0.266 e. The summed E-state index contributed by atoms with van der Waals surface area (Å²) in [5.74, 6) is 0. The molecule has 2 aromatic rings. The zero-order valence-corrected chi connectivity index (χ0v) is 8.06. The van der Waals surface area contributed by atoms with Crippen molar-refractivity contribution in [1.29, 1.82) is 0 Å². The molecule has 0 spiro atoms. The Morgan fingerprint density at radius 2 is 2.08 bits per heavy atom. The van der Waals surface area contributed by atoms with E-state index < -0.39 is 0 Å². The second-order valence-corrected chi connectivity index (χ2v) is 3.49. The van der Waals surface area contributed by atoms with E-state index in [4.69, 9.17) is 39.8 Å². The Bertz CT molecular complexity index is 488. The number of rotatable bonds is 0. The van der Waals surface area contributed by atoms with Gasteiger partial charge < -0.3 is 9.40 Å². The highest BCUT2D eigenvalue weighted by molar-refractivity contribution is 7.71. The molecule has 0 saturated heterocycles. The lowest BCUT2D eigenvalue weighted by Crippen LogP contribution is -1.69. The van der Waals surface area contributed by atoms with Crippen molar-refractivity contribution in [3.05, 3.63) is 27.0 Å². The van der Waals surface area contributed by atoms with Crippen molar-refractivity contribution in [3.63, 3.8) is 0 Å². The van der Waals surface area contributed by atoms with E-state index in [9.17, 15) is 0 Å². The van der Waals surface area contributed by atoms with E-state index >= 15 is 0 Å². The van der Waals surface area contributed by atoms with Crippen LogP contribution < -0.4 is 0 Å². The Balaban J connectivity index is 2.97. The summed E-state index contributed by atoms with van der Waals surface area (Å²) in [5.41, 5.74) is 1.27. The number of aromatic amines is 1. The minimum Gasteiger partial charge on any atom is -0.428 e. The summed E-state index contributed by atoms with van der Waals surface area (Å²) in [6.45, 7) is 0. The van der Waals surface area contributed by atoms with Crippen LogP contribution in [0, 0.1) is 4.84 Å². The van der Waals surface area contributed by atoms with Crippen LogP contribution in [0.4, 0.5) is 0 Å². The fourth-order valence-corrected chi connectivity index (χ4v) is 1.71. The van der Waals surface area contributed by atoms with E-state index in [1.54, 1.807) is 12.1 Å². The van der Waals surface area contributed by atoms with Crippen molar-refractivity contribution < 1.29 is 4.42 Å². The first-order chi connectivity index (χ1) is 5.66. The molecule has 0 unspecified atom stereocenters. The number of fused-ring (bicyclic) bond motifs is 1. The molecular weight excluding hydrogens is 217 g/mol. The highest BCUT2D eigenvalue weighted by Crippen LogP contribution is 2.27. The Morgan fingerprint density at radius 3 is 2.83 bits per heavy atom. The molecular formula is C7H3Cl2NOS. The maximum atomic E-state index is 5.83. The van der Waals surface area contributed by atoms with E-state index in [2.05, 4.69) is 4.98 Å². The van der Waals surface area contributed by atoms with Crippen molar-refractivity contribution in [2.45, 2.75) is 0 Å². The van der Waals surface area contributed by atoms with Gasteiger partial charge in [0, 0.05) is 5.02 Å². The molecule has 0 aliphatic heterocycles. The van der Waals surface area contributed by atoms with Crippen LogP contribution in [0.5, 0.6) is 0 Å². The maximum Gasteiger partial charge on any atom is 0.266 e. The zero-order chi connectivity index (χ0) is 8.72. The number of hydrogen-bond acceptors (Lipinski definition) is 2. The fraction of sp³-hybridized carbons (Fsp3) is 0. The summed E-state index contributed by atoms with van der Waals surface area (Å²) in [6, 6.07) is 3.32.